The molecule has 5 heteroatoms. The molecule has 0 unspecified atom stereocenters. The second-order valence-corrected chi connectivity index (χ2v) is 4.37. The van der Waals surface area contributed by atoms with Crippen LogP contribution in [0.15, 0.2) is 18.2 Å². The van der Waals surface area contributed by atoms with Crippen molar-refractivity contribution in [2.24, 2.45) is 0 Å². The van der Waals surface area contributed by atoms with Gasteiger partial charge in [0.25, 0.3) is 5.69 Å². The largest absolute Gasteiger partial charge is 0.394 e. The molecule has 0 aromatic heterocycles. The third-order valence-corrected chi connectivity index (χ3v) is 2.37. The second kappa shape index (κ2) is 4.49. The van der Waals surface area contributed by atoms with Crippen LogP contribution >= 0.6 is 0 Å². The number of rotatable bonds is 4. The Bertz CT molecular complexity index is 402. The minimum absolute atomic E-state index is 0.0465. The maximum absolute atomic E-state index is 10.7. The second-order valence-electron chi connectivity index (χ2n) is 4.37. The van der Waals surface area contributed by atoms with Crippen molar-refractivity contribution in [3.05, 3.63) is 33.9 Å². The van der Waals surface area contributed by atoms with Gasteiger partial charge in [-0.25, -0.2) is 0 Å². The van der Waals surface area contributed by atoms with Gasteiger partial charge in [-0.3, -0.25) is 10.1 Å². The molecule has 88 valence electrons. The number of benzene rings is 1. The zero-order valence-electron chi connectivity index (χ0n) is 9.65. The molecule has 0 saturated carbocycles. The van der Waals surface area contributed by atoms with Crippen LogP contribution in [0.2, 0.25) is 0 Å². The Balaban J connectivity index is 3.07. The third-order valence-electron chi connectivity index (χ3n) is 2.37. The van der Waals surface area contributed by atoms with E-state index in [4.69, 9.17) is 5.11 Å². The lowest BCUT2D eigenvalue weighted by molar-refractivity contribution is -0.385. The maximum Gasteiger partial charge on any atom is 0.274 e. The molecular formula is C11H16N2O3. The summed E-state index contributed by atoms with van der Waals surface area (Å²) >= 11 is 0. The van der Waals surface area contributed by atoms with E-state index in [2.05, 4.69) is 5.32 Å². The van der Waals surface area contributed by atoms with E-state index < -0.39 is 10.5 Å². The van der Waals surface area contributed by atoms with Crippen LogP contribution in [0.3, 0.4) is 0 Å². The van der Waals surface area contributed by atoms with Gasteiger partial charge in [-0.05, 0) is 26.8 Å². The third kappa shape index (κ3) is 2.70. The van der Waals surface area contributed by atoms with E-state index in [1.165, 1.54) is 6.07 Å². The molecule has 1 aromatic rings. The van der Waals surface area contributed by atoms with Gasteiger partial charge in [0.1, 0.15) is 0 Å². The van der Waals surface area contributed by atoms with Crippen LogP contribution in [-0.4, -0.2) is 22.2 Å². The molecule has 0 fully saturated rings. The van der Waals surface area contributed by atoms with Gasteiger partial charge in [0.05, 0.1) is 17.1 Å². The van der Waals surface area contributed by atoms with Crippen molar-refractivity contribution in [1.29, 1.82) is 0 Å². The lowest BCUT2D eigenvalue weighted by Gasteiger charge is -2.25. The van der Waals surface area contributed by atoms with Crippen LogP contribution in [0.1, 0.15) is 19.4 Å². The fourth-order valence-corrected chi connectivity index (χ4v) is 1.36. The highest BCUT2D eigenvalue weighted by Gasteiger charge is 2.19. The molecule has 0 aliphatic carbocycles. The quantitative estimate of drug-likeness (QED) is 0.606. The minimum atomic E-state index is -0.500. The molecule has 0 atom stereocenters. The molecule has 2 N–H and O–H groups in total. The summed E-state index contributed by atoms with van der Waals surface area (Å²) in [6.07, 6.45) is 0. The Kier molecular flexibility index (Phi) is 3.49. The predicted octanol–water partition coefficient (Wildman–Crippen LogP) is 2.09. The van der Waals surface area contributed by atoms with Crippen LogP contribution in [0.4, 0.5) is 11.4 Å². The molecule has 0 saturated heterocycles. The summed E-state index contributed by atoms with van der Waals surface area (Å²) in [4.78, 5) is 10.3. The molecule has 0 radical (unpaired) electrons. The molecule has 0 aliphatic rings. The molecule has 5 nitrogen and oxygen atoms in total. The fraction of sp³-hybridized carbons (Fsp3) is 0.455. The van der Waals surface area contributed by atoms with Crippen LogP contribution in [0, 0.1) is 17.0 Å². The molecular weight excluding hydrogens is 208 g/mol. The predicted molar refractivity (Wildman–Crippen MR) is 62.6 cm³/mol. The van der Waals surface area contributed by atoms with Crippen molar-refractivity contribution >= 4 is 11.4 Å². The van der Waals surface area contributed by atoms with Crippen LogP contribution in [-0.2, 0) is 0 Å². The average Bonchev–Trinajstić information content (AvgIpc) is 2.20. The molecule has 0 amide bonds. The summed E-state index contributed by atoms with van der Waals surface area (Å²) in [5, 5.41) is 22.9. The number of nitrogens with zero attached hydrogens (tertiary/aromatic N) is 1. The van der Waals surface area contributed by atoms with Crippen molar-refractivity contribution in [1.82, 2.24) is 0 Å². The van der Waals surface area contributed by atoms with E-state index in [1.54, 1.807) is 19.1 Å². The van der Waals surface area contributed by atoms with E-state index in [-0.39, 0.29) is 12.3 Å². The molecule has 0 heterocycles. The van der Waals surface area contributed by atoms with E-state index in [0.29, 0.717) is 11.3 Å². The average molecular weight is 224 g/mol. The molecule has 1 aromatic carbocycles. The summed E-state index contributed by atoms with van der Waals surface area (Å²) < 4.78 is 0. The number of hydrogen-bond donors (Lipinski definition) is 2. The monoisotopic (exact) mass is 224 g/mol. The minimum Gasteiger partial charge on any atom is -0.394 e. The zero-order chi connectivity index (χ0) is 12.3. The molecule has 0 bridgehead atoms. The number of nitrogens with one attached hydrogen (secondary N) is 1. The van der Waals surface area contributed by atoms with Gasteiger partial charge in [-0.1, -0.05) is 6.07 Å². The van der Waals surface area contributed by atoms with E-state index in [0.717, 1.165) is 0 Å². The van der Waals surface area contributed by atoms with Crippen molar-refractivity contribution < 1.29 is 10.0 Å². The highest BCUT2D eigenvalue weighted by molar-refractivity contribution is 5.60. The van der Waals surface area contributed by atoms with Crippen molar-refractivity contribution in [3.8, 4) is 0 Å². The summed E-state index contributed by atoms with van der Waals surface area (Å²) in [5.74, 6) is 0. The first kappa shape index (κ1) is 12.4. The normalized spacial score (nSPS) is 11.2. The van der Waals surface area contributed by atoms with Gasteiger partial charge >= 0.3 is 0 Å². The Morgan fingerprint density at radius 2 is 2.12 bits per heavy atom. The van der Waals surface area contributed by atoms with Crippen LogP contribution < -0.4 is 5.32 Å². The number of aliphatic hydroxyl groups is 1. The number of nitro benzene ring substituents is 1. The first-order chi connectivity index (χ1) is 7.37. The summed E-state index contributed by atoms with van der Waals surface area (Å²) in [6.45, 7) is 5.29. The highest BCUT2D eigenvalue weighted by Crippen LogP contribution is 2.27. The highest BCUT2D eigenvalue weighted by atomic mass is 16.6. The fourth-order valence-electron chi connectivity index (χ4n) is 1.36. The topological polar surface area (TPSA) is 75.4 Å². The van der Waals surface area contributed by atoms with Gasteiger partial charge in [-0.15, -0.1) is 0 Å². The molecule has 16 heavy (non-hydrogen) atoms. The Hall–Kier alpha value is -1.62. The van der Waals surface area contributed by atoms with E-state index >= 15 is 0 Å². The molecule has 0 aliphatic heterocycles. The summed E-state index contributed by atoms with van der Waals surface area (Å²) in [5.41, 5.74) is 0.834. The van der Waals surface area contributed by atoms with Gasteiger partial charge in [0.15, 0.2) is 0 Å². The van der Waals surface area contributed by atoms with Gasteiger partial charge in [0.2, 0.25) is 0 Å². The Morgan fingerprint density at radius 1 is 1.50 bits per heavy atom. The lowest BCUT2D eigenvalue weighted by Crippen LogP contribution is -2.35. The number of nitro groups is 1. The first-order valence-corrected chi connectivity index (χ1v) is 5.00. The number of aliphatic hydroxyl groups excluding tert-OH is 1. The molecule has 0 spiro atoms. The van der Waals surface area contributed by atoms with Crippen LogP contribution in [0.25, 0.3) is 0 Å². The standard InChI is InChI=1S/C11H16N2O3/c1-8-9(12-11(2,3)7-14)5-4-6-10(8)13(15)16/h4-6,12,14H,7H2,1-3H3. The Morgan fingerprint density at radius 3 is 2.62 bits per heavy atom. The SMILES string of the molecule is Cc1c(NC(C)(C)CO)cccc1[N+](=O)[O-]. The van der Waals surface area contributed by atoms with Crippen molar-refractivity contribution in [3.63, 3.8) is 0 Å². The van der Waals surface area contributed by atoms with E-state index in [9.17, 15) is 10.1 Å². The van der Waals surface area contributed by atoms with Crippen molar-refractivity contribution in [2.75, 3.05) is 11.9 Å². The summed E-state index contributed by atoms with van der Waals surface area (Å²) in [6, 6.07) is 4.85. The van der Waals surface area contributed by atoms with Crippen molar-refractivity contribution in [2.45, 2.75) is 26.3 Å². The summed E-state index contributed by atoms with van der Waals surface area (Å²) in [7, 11) is 0. The Labute approximate surface area is 94.3 Å². The van der Waals surface area contributed by atoms with E-state index in [1.807, 2.05) is 13.8 Å². The molecule has 1 rings (SSSR count). The lowest BCUT2D eigenvalue weighted by atomic mass is 10.0. The van der Waals surface area contributed by atoms with Crippen LogP contribution in [0.5, 0.6) is 0 Å². The van der Waals surface area contributed by atoms with Gasteiger partial charge in [0, 0.05) is 17.3 Å². The first-order valence-electron chi connectivity index (χ1n) is 5.00. The van der Waals surface area contributed by atoms with Gasteiger partial charge in [-0.2, -0.15) is 0 Å². The van der Waals surface area contributed by atoms with Gasteiger partial charge < -0.3 is 10.4 Å². The number of anilines is 1. The maximum atomic E-state index is 10.7. The number of hydrogen-bond acceptors (Lipinski definition) is 4. The zero-order valence-corrected chi connectivity index (χ0v) is 9.65. The smallest absolute Gasteiger partial charge is 0.274 e.